The van der Waals surface area contributed by atoms with E-state index in [1.807, 2.05) is 4.90 Å². The van der Waals surface area contributed by atoms with Gasteiger partial charge in [0.15, 0.2) is 0 Å². The maximum Gasteiger partial charge on any atom is 0.222 e. The Bertz CT molecular complexity index is 246. The van der Waals surface area contributed by atoms with Crippen LogP contribution in [-0.2, 0) is 9.53 Å². The second kappa shape index (κ2) is 8.48. The van der Waals surface area contributed by atoms with Crippen LogP contribution in [0.2, 0.25) is 0 Å². The first-order valence-corrected chi connectivity index (χ1v) is 7.21. The van der Waals surface area contributed by atoms with Gasteiger partial charge in [0.2, 0.25) is 5.91 Å². The molecule has 0 saturated carbocycles. The molecule has 0 bridgehead atoms. The van der Waals surface area contributed by atoms with Crippen LogP contribution in [-0.4, -0.2) is 43.7 Å². The molecule has 0 radical (unpaired) electrons. The number of rotatable bonds is 7. The van der Waals surface area contributed by atoms with Gasteiger partial charge < -0.3 is 15.4 Å². The molecule has 0 aromatic carbocycles. The van der Waals surface area contributed by atoms with E-state index >= 15 is 0 Å². The largest absolute Gasteiger partial charge is 0.380 e. The number of carbonyl (C=O) groups is 1. The number of hydrogen-bond donors (Lipinski definition) is 1. The first kappa shape index (κ1) is 15.4. The summed E-state index contributed by atoms with van der Waals surface area (Å²) in [7, 11) is 1.73. The van der Waals surface area contributed by atoms with Crippen LogP contribution in [0.3, 0.4) is 0 Å². The molecule has 1 saturated heterocycles. The first-order chi connectivity index (χ1) is 8.71. The van der Waals surface area contributed by atoms with Gasteiger partial charge in [-0.15, -0.1) is 0 Å². The van der Waals surface area contributed by atoms with E-state index in [-0.39, 0.29) is 12.0 Å². The third kappa shape index (κ3) is 4.94. The minimum absolute atomic E-state index is 0.230. The number of hydrogen-bond acceptors (Lipinski definition) is 3. The summed E-state index contributed by atoms with van der Waals surface area (Å²) in [6, 6.07) is 0. The van der Waals surface area contributed by atoms with E-state index in [1.165, 1.54) is 0 Å². The summed E-state index contributed by atoms with van der Waals surface area (Å²) in [6.45, 7) is 4.56. The fourth-order valence-corrected chi connectivity index (χ4v) is 2.63. The van der Waals surface area contributed by atoms with Crippen LogP contribution in [0.25, 0.3) is 0 Å². The molecule has 106 valence electrons. The normalized spacial score (nSPS) is 21.9. The van der Waals surface area contributed by atoms with Gasteiger partial charge in [0, 0.05) is 26.6 Å². The van der Waals surface area contributed by atoms with Crippen molar-refractivity contribution in [2.75, 3.05) is 26.7 Å². The molecule has 1 aliphatic heterocycles. The van der Waals surface area contributed by atoms with Gasteiger partial charge in [-0.1, -0.05) is 13.3 Å². The zero-order valence-corrected chi connectivity index (χ0v) is 11.9. The fourth-order valence-electron chi connectivity index (χ4n) is 2.63. The maximum absolute atomic E-state index is 12.1. The van der Waals surface area contributed by atoms with E-state index < -0.39 is 0 Å². The number of likely N-dealkylation sites (tertiary alicyclic amines) is 1. The lowest BCUT2D eigenvalue weighted by Crippen LogP contribution is -2.42. The van der Waals surface area contributed by atoms with E-state index in [0.29, 0.717) is 12.3 Å². The number of methoxy groups -OCH3 is 1. The van der Waals surface area contributed by atoms with Crippen molar-refractivity contribution in [3.8, 4) is 0 Å². The van der Waals surface area contributed by atoms with Crippen LogP contribution in [0, 0.1) is 5.92 Å². The van der Waals surface area contributed by atoms with Gasteiger partial charge in [-0.2, -0.15) is 0 Å². The molecule has 18 heavy (non-hydrogen) atoms. The summed E-state index contributed by atoms with van der Waals surface area (Å²) >= 11 is 0. The van der Waals surface area contributed by atoms with Crippen LogP contribution in [0.5, 0.6) is 0 Å². The second-order valence-electron chi connectivity index (χ2n) is 5.23. The number of amides is 1. The lowest BCUT2D eigenvalue weighted by molar-refractivity contribution is -0.135. The molecule has 2 unspecified atom stereocenters. The van der Waals surface area contributed by atoms with Crippen LogP contribution >= 0.6 is 0 Å². The van der Waals surface area contributed by atoms with E-state index in [1.54, 1.807) is 7.11 Å². The van der Waals surface area contributed by atoms with Crippen LogP contribution in [0.4, 0.5) is 0 Å². The Morgan fingerprint density at radius 3 is 2.89 bits per heavy atom. The molecule has 1 amide bonds. The van der Waals surface area contributed by atoms with Crippen LogP contribution < -0.4 is 5.73 Å². The zero-order valence-electron chi connectivity index (χ0n) is 11.9. The van der Waals surface area contributed by atoms with Gasteiger partial charge in [-0.25, -0.2) is 0 Å². The molecule has 4 heteroatoms. The van der Waals surface area contributed by atoms with Crippen LogP contribution in [0.15, 0.2) is 0 Å². The van der Waals surface area contributed by atoms with Crippen molar-refractivity contribution in [2.24, 2.45) is 11.7 Å². The molecule has 4 nitrogen and oxygen atoms in total. The maximum atomic E-state index is 12.1. The standard InChI is InChI=1S/C14H28N2O2/c1-3-12(8-9-15)6-7-14(17)16-10-4-5-13(11-16)18-2/h12-13H,3-11,15H2,1-2H3. The highest BCUT2D eigenvalue weighted by Gasteiger charge is 2.23. The molecule has 1 fully saturated rings. The predicted molar refractivity (Wildman–Crippen MR) is 73.3 cm³/mol. The van der Waals surface area contributed by atoms with Crippen molar-refractivity contribution in [3.63, 3.8) is 0 Å². The third-order valence-electron chi connectivity index (χ3n) is 3.98. The number of piperidine rings is 1. The molecule has 0 spiro atoms. The minimum Gasteiger partial charge on any atom is -0.380 e. The van der Waals surface area contributed by atoms with E-state index in [0.717, 1.165) is 51.7 Å². The monoisotopic (exact) mass is 256 g/mol. The van der Waals surface area contributed by atoms with E-state index in [9.17, 15) is 4.79 Å². The van der Waals surface area contributed by atoms with Gasteiger partial charge in [0.05, 0.1) is 6.10 Å². The fraction of sp³-hybridized carbons (Fsp3) is 0.929. The molecular formula is C14H28N2O2. The average molecular weight is 256 g/mol. The Balaban J connectivity index is 2.31. The average Bonchev–Trinajstić information content (AvgIpc) is 2.43. The van der Waals surface area contributed by atoms with Gasteiger partial charge >= 0.3 is 0 Å². The van der Waals surface area contributed by atoms with Crippen molar-refractivity contribution in [1.82, 2.24) is 4.90 Å². The van der Waals surface area contributed by atoms with Crippen molar-refractivity contribution >= 4 is 5.91 Å². The third-order valence-corrected chi connectivity index (χ3v) is 3.98. The second-order valence-corrected chi connectivity index (χ2v) is 5.23. The highest BCUT2D eigenvalue weighted by Crippen LogP contribution is 2.18. The molecule has 1 rings (SSSR count). The quantitative estimate of drug-likeness (QED) is 0.755. The van der Waals surface area contributed by atoms with Gasteiger partial charge in [0.1, 0.15) is 0 Å². The summed E-state index contributed by atoms with van der Waals surface area (Å²) in [5, 5.41) is 0. The summed E-state index contributed by atoms with van der Waals surface area (Å²) in [6.07, 6.45) is 6.15. The van der Waals surface area contributed by atoms with Crippen LogP contribution in [0.1, 0.15) is 45.4 Å². The predicted octanol–water partition coefficient (Wildman–Crippen LogP) is 1.78. The number of nitrogens with two attached hydrogens (primary N) is 1. The lowest BCUT2D eigenvalue weighted by Gasteiger charge is -2.32. The van der Waals surface area contributed by atoms with Crippen molar-refractivity contribution in [2.45, 2.75) is 51.6 Å². The molecule has 0 aromatic heterocycles. The molecular weight excluding hydrogens is 228 g/mol. The van der Waals surface area contributed by atoms with Crippen molar-refractivity contribution < 1.29 is 9.53 Å². The molecule has 2 N–H and O–H groups in total. The number of nitrogens with zero attached hydrogens (tertiary/aromatic N) is 1. The SMILES string of the molecule is CCC(CCN)CCC(=O)N1CCCC(OC)C1. The first-order valence-electron chi connectivity index (χ1n) is 7.21. The molecule has 2 atom stereocenters. The van der Waals surface area contributed by atoms with Crippen molar-refractivity contribution in [3.05, 3.63) is 0 Å². The minimum atomic E-state index is 0.230. The van der Waals surface area contributed by atoms with Gasteiger partial charge in [-0.05, 0) is 38.1 Å². The smallest absolute Gasteiger partial charge is 0.222 e. The summed E-state index contributed by atoms with van der Waals surface area (Å²) < 4.78 is 5.35. The Hall–Kier alpha value is -0.610. The van der Waals surface area contributed by atoms with Crippen molar-refractivity contribution in [1.29, 1.82) is 0 Å². The zero-order chi connectivity index (χ0) is 13.4. The van der Waals surface area contributed by atoms with E-state index in [2.05, 4.69) is 6.92 Å². The Morgan fingerprint density at radius 2 is 2.28 bits per heavy atom. The Labute approximate surface area is 111 Å². The van der Waals surface area contributed by atoms with Gasteiger partial charge in [-0.3, -0.25) is 4.79 Å². The number of carbonyl (C=O) groups excluding carboxylic acids is 1. The molecule has 1 aliphatic rings. The topological polar surface area (TPSA) is 55.6 Å². The summed E-state index contributed by atoms with van der Waals surface area (Å²) in [4.78, 5) is 14.1. The highest BCUT2D eigenvalue weighted by molar-refractivity contribution is 5.76. The molecule has 1 heterocycles. The van der Waals surface area contributed by atoms with E-state index in [4.69, 9.17) is 10.5 Å². The molecule has 0 aliphatic carbocycles. The Kier molecular flexibility index (Phi) is 7.28. The molecule has 0 aromatic rings. The highest BCUT2D eigenvalue weighted by atomic mass is 16.5. The van der Waals surface area contributed by atoms with Gasteiger partial charge in [0.25, 0.3) is 0 Å². The Morgan fingerprint density at radius 1 is 1.50 bits per heavy atom. The summed E-state index contributed by atoms with van der Waals surface area (Å²) in [5.74, 6) is 0.884. The summed E-state index contributed by atoms with van der Waals surface area (Å²) in [5.41, 5.74) is 5.58. The lowest BCUT2D eigenvalue weighted by atomic mass is 9.96. The number of ether oxygens (including phenoxy) is 1.